The quantitative estimate of drug-likeness (QED) is 0.845. The molecule has 19 heavy (non-hydrogen) atoms. The molecule has 108 valence electrons. The molecule has 0 N–H and O–H groups in total. The highest BCUT2D eigenvalue weighted by atomic mass is 32.2. The van der Waals surface area contributed by atoms with E-state index in [2.05, 4.69) is 28.6 Å². The van der Waals surface area contributed by atoms with Gasteiger partial charge in [0.05, 0.1) is 11.8 Å². The van der Waals surface area contributed by atoms with Gasteiger partial charge >= 0.3 is 0 Å². The van der Waals surface area contributed by atoms with Crippen molar-refractivity contribution < 1.29 is 8.42 Å². The lowest BCUT2D eigenvalue weighted by Crippen LogP contribution is -2.43. The van der Waals surface area contributed by atoms with Gasteiger partial charge in [-0.15, -0.1) is 10.2 Å². The first kappa shape index (κ1) is 14.5. The molecule has 1 aromatic rings. The molecular weight excluding hydrogens is 264 g/mol. The number of rotatable bonds is 3. The van der Waals surface area contributed by atoms with E-state index in [1.165, 1.54) is 4.31 Å². The van der Waals surface area contributed by atoms with E-state index in [-0.39, 0.29) is 12.0 Å². The zero-order chi connectivity index (χ0) is 14.4. The normalized spacial score (nSPS) is 21.1. The van der Waals surface area contributed by atoms with Crippen LogP contribution in [0.5, 0.6) is 0 Å². The molecule has 0 saturated heterocycles. The molecule has 0 fully saturated rings. The molecule has 0 bridgehead atoms. The topological polar surface area (TPSA) is 68.1 Å². The molecule has 0 unspecified atom stereocenters. The van der Waals surface area contributed by atoms with Crippen LogP contribution in [0, 0.1) is 0 Å². The third-order valence-corrected chi connectivity index (χ3v) is 5.68. The Bertz CT molecular complexity index is 562. The van der Waals surface area contributed by atoms with Crippen molar-refractivity contribution in [2.45, 2.75) is 58.4 Å². The van der Waals surface area contributed by atoms with Crippen molar-refractivity contribution >= 4 is 10.0 Å². The first-order valence-electron chi connectivity index (χ1n) is 6.67. The van der Waals surface area contributed by atoms with Crippen molar-refractivity contribution in [3.05, 3.63) is 11.6 Å². The van der Waals surface area contributed by atoms with Gasteiger partial charge in [-0.2, -0.15) is 4.31 Å². The van der Waals surface area contributed by atoms with E-state index in [0.717, 1.165) is 11.6 Å². The van der Waals surface area contributed by atoms with Crippen LogP contribution in [0.1, 0.15) is 58.2 Å². The molecule has 7 heteroatoms. The Labute approximate surface area is 114 Å². The molecular formula is C12H22N4O2S. The third-order valence-electron chi connectivity index (χ3n) is 3.49. The number of hydrogen-bond donors (Lipinski definition) is 0. The van der Waals surface area contributed by atoms with Crippen molar-refractivity contribution in [3.8, 4) is 0 Å². The lowest BCUT2D eigenvalue weighted by Gasteiger charge is -2.33. The largest absolute Gasteiger partial charge is 0.309 e. The minimum absolute atomic E-state index is 0.0738. The van der Waals surface area contributed by atoms with Gasteiger partial charge in [0.15, 0.2) is 0 Å². The molecule has 0 radical (unpaired) electrons. The Morgan fingerprint density at radius 1 is 1.21 bits per heavy atom. The molecule has 0 spiro atoms. The highest BCUT2D eigenvalue weighted by Gasteiger charge is 2.34. The van der Waals surface area contributed by atoms with E-state index in [0.29, 0.717) is 13.1 Å². The second-order valence-corrected chi connectivity index (χ2v) is 8.22. The maximum Gasteiger partial charge on any atom is 0.216 e. The summed E-state index contributed by atoms with van der Waals surface area (Å²) in [6.45, 7) is 10.4. The molecule has 6 nitrogen and oxygen atoms in total. The average Bonchev–Trinajstić information content (AvgIpc) is 2.72. The van der Waals surface area contributed by atoms with Gasteiger partial charge in [0.25, 0.3) is 0 Å². The molecule has 0 aliphatic carbocycles. The molecule has 0 aromatic carbocycles. The predicted octanol–water partition coefficient (Wildman–Crippen LogP) is 1.52. The Hall–Kier alpha value is -0.950. The van der Waals surface area contributed by atoms with Crippen molar-refractivity contribution in [3.63, 3.8) is 0 Å². The van der Waals surface area contributed by atoms with E-state index in [1.807, 2.05) is 6.92 Å². The number of fused-ring (bicyclic) bond motifs is 1. The molecule has 2 heterocycles. The van der Waals surface area contributed by atoms with E-state index < -0.39 is 15.3 Å². The van der Waals surface area contributed by atoms with Crippen molar-refractivity contribution in [2.75, 3.05) is 6.54 Å². The van der Waals surface area contributed by atoms with Crippen LogP contribution in [0.2, 0.25) is 0 Å². The van der Waals surface area contributed by atoms with Gasteiger partial charge in [0.1, 0.15) is 11.6 Å². The van der Waals surface area contributed by atoms with Gasteiger partial charge in [-0.1, -0.05) is 13.8 Å². The summed E-state index contributed by atoms with van der Waals surface area (Å²) in [5.41, 5.74) is 0. The first-order valence-corrected chi connectivity index (χ1v) is 8.18. The third kappa shape index (κ3) is 2.41. The second-order valence-electron chi connectivity index (χ2n) is 5.73. The number of sulfonamides is 1. The van der Waals surface area contributed by atoms with Gasteiger partial charge in [-0.25, -0.2) is 8.42 Å². The molecule has 1 aliphatic heterocycles. The number of hydrogen-bond acceptors (Lipinski definition) is 4. The summed E-state index contributed by atoms with van der Waals surface area (Å²) in [5.74, 6) is 1.97. The molecule has 0 saturated carbocycles. The zero-order valence-electron chi connectivity index (χ0n) is 12.2. The maximum absolute atomic E-state index is 12.2. The zero-order valence-corrected chi connectivity index (χ0v) is 13.0. The summed E-state index contributed by atoms with van der Waals surface area (Å²) in [5, 5.41) is 7.95. The van der Waals surface area contributed by atoms with Crippen molar-refractivity contribution in [1.82, 2.24) is 19.1 Å². The monoisotopic (exact) mass is 286 g/mol. The predicted molar refractivity (Wildman–Crippen MR) is 73.3 cm³/mol. The van der Waals surface area contributed by atoms with Crippen LogP contribution in [-0.4, -0.2) is 39.3 Å². The second kappa shape index (κ2) is 4.86. The van der Waals surface area contributed by atoms with Crippen LogP contribution in [0.15, 0.2) is 0 Å². The van der Waals surface area contributed by atoms with Crippen molar-refractivity contribution in [1.29, 1.82) is 0 Å². The van der Waals surface area contributed by atoms with E-state index in [1.54, 1.807) is 13.8 Å². The average molecular weight is 286 g/mol. The lowest BCUT2D eigenvalue weighted by molar-refractivity contribution is 0.284. The fraction of sp³-hybridized carbons (Fsp3) is 0.833. The van der Waals surface area contributed by atoms with Gasteiger partial charge in [-0.3, -0.25) is 0 Å². The first-order chi connectivity index (χ1) is 8.75. The molecule has 2 rings (SSSR count). The van der Waals surface area contributed by atoms with Crippen LogP contribution < -0.4 is 0 Å². The van der Waals surface area contributed by atoms with Gasteiger partial charge in [0.2, 0.25) is 10.0 Å². The van der Waals surface area contributed by atoms with E-state index >= 15 is 0 Å². The van der Waals surface area contributed by atoms with Crippen molar-refractivity contribution in [2.24, 2.45) is 0 Å². The van der Waals surface area contributed by atoms with E-state index in [4.69, 9.17) is 0 Å². The van der Waals surface area contributed by atoms with Crippen LogP contribution in [0.3, 0.4) is 0 Å². The summed E-state index contributed by atoms with van der Waals surface area (Å²) < 4.78 is 28.1. The number of aromatic nitrogens is 3. The Morgan fingerprint density at radius 2 is 1.84 bits per heavy atom. The fourth-order valence-electron chi connectivity index (χ4n) is 2.41. The molecule has 0 amide bonds. The highest BCUT2D eigenvalue weighted by Crippen LogP contribution is 2.27. The summed E-state index contributed by atoms with van der Waals surface area (Å²) >= 11 is 0. The van der Waals surface area contributed by atoms with Crippen LogP contribution in [0.4, 0.5) is 0 Å². The summed E-state index contributed by atoms with van der Waals surface area (Å²) in [7, 11) is -3.23. The van der Waals surface area contributed by atoms with Gasteiger partial charge in [0, 0.05) is 18.5 Å². The SMILES string of the molecule is CC(C)c1nnc2n1[C@@H](C)CN(S(=O)(=O)C(C)C)C2. The smallest absolute Gasteiger partial charge is 0.216 e. The number of nitrogens with zero attached hydrogens (tertiary/aromatic N) is 4. The maximum atomic E-state index is 12.2. The molecule has 1 atom stereocenters. The minimum Gasteiger partial charge on any atom is -0.309 e. The van der Waals surface area contributed by atoms with E-state index in [9.17, 15) is 8.42 Å². The summed E-state index contributed by atoms with van der Waals surface area (Å²) in [6, 6.07) is 0.0738. The highest BCUT2D eigenvalue weighted by molar-refractivity contribution is 7.89. The fourth-order valence-corrected chi connectivity index (χ4v) is 3.73. The Kier molecular flexibility index (Phi) is 3.70. The summed E-state index contributed by atoms with van der Waals surface area (Å²) in [6.07, 6.45) is 0. The molecule has 1 aliphatic rings. The lowest BCUT2D eigenvalue weighted by atomic mass is 10.1. The van der Waals surface area contributed by atoms with Gasteiger partial charge < -0.3 is 4.57 Å². The minimum atomic E-state index is -3.23. The van der Waals surface area contributed by atoms with Crippen LogP contribution in [0.25, 0.3) is 0 Å². The van der Waals surface area contributed by atoms with Crippen LogP contribution >= 0.6 is 0 Å². The Morgan fingerprint density at radius 3 is 2.37 bits per heavy atom. The molecule has 1 aromatic heterocycles. The summed E-state index contributed by atoms with van der Waals surface area (Å²) in [4.78, 5) is 0. The Balaban J connectivity index is 2.37. The van der Waals surface area contributed by atoms with Crippen LogP contribution in [-0.2, 0) is 16.6 Å². The van der Waals surface area contributed by atoms with Gasteiger partial charge in [-0.05, 0) is 20.8 Å². The standard InChI is InChI=1S/C12H22N4O2S/c1-8(2)12-14-13-11-7-15(6-10(5)16(11)12)19(17,18)9(3)4/h8-10H,6-7H2,1-5H3/t10-/m0/s1.